The van der Waals surface area contributed by atoms with Crippen molar-refractivity contribution in [1.29, 1.82) is 0 Å². The maximum Gasteiger partial charge on any atom is 0.247 e. The van der Waals surface area contributed by atoms with Gasteiger partial charge in [-0.2, -0.15) is 0 Å². The maximum absolute atomic E-state index is 12.7. The first-order valence-electron chi connectivity index (χ1n) is 7.47. The summed E-state index contributed by atoms with van der Waals surface area (Å²) in [6.07, 6.45) is 1.85. The molecule has 2 heterocycles. The Kier molecular flexibility index (Phi) is 5.41. The Morgan fingerprint density at radius 1 is 1.48 bits per heavy atom. The molecule has 1 aliphatic rings. The number of nitrogens with one attached hydrogen (secondary N) is 1. The van der Waals surface area contributed by atoms with Gasteiger partial charge in [-0.25, -0.2) is 4.90 Å². The third kappa shape index (κ3) is 3.86. The highest BCUT2D eigenvalue weighted by molar-refractivity contribution is 8.02. The van der Waals surface area contributed by atoms with Crippen molar-refractivity contribution in [2.75, 3.05) is 16.8 Å². The number of anilines is 2. The van der Waals surface area contributed by atoms with E-state index in [2.05, 4.69) is 22.1 Å². The molecule has 1 aliphatic heterocycles. The quantitative estimate of drug-likeness (QED) is 0.596. The number of amides is 2. The lowest BCUT2D eigenvalue weighted by molar-refractivity contribution is -0.121. The Bertz CT molecular complexity index is 839. The van der Waals surface area contributed by atoms with Crippen LogP contribution in [0.25, 0.3) is 0 Å². The highest BCUT2D eigenvalue weighted by Crippen LogP contribution is 2.36. The zero-order valence-electron chi connectivity index (χ0n) is 13.4. The third-order valence-electron chi connectivity index (χ3n) is 3.57. The van der Waals surface area contributed by atoms with Crippen molar-refractivity contribution in [2.45, 2.75) is 22.9 Å². The van der Waals surface area contributed by atoms with Gasteiger partial charge < -0.3 is 5.32 Å². The van der Waals surface area contributed by atoms with Crippen molar-refractivity contribution >= 4 is 57.3 Å². The first kappa shape index (κ1) is 17.9. The van der Waals surface area contributed by atoms with Crippen LogP contribution in [0.15, 0.2) is 35.2 Å². The standard InChI is InChI=1S/C16H15ClN4O2S2/c1-3-6-18-15-19-20-16(25-15)24-12-8-13(22)21(14(12)23)10-5-4-9(2)11(17)7-10/h3-5,7,12H,1,6,8H2,2H3,(H,18,19)/t12-/m0/s1. The highest BCUT2D eigenvalue weighted by Gasteiger charge is 2.40. The van der Waals surface area contributed by atoms with Crippen LogP contribution >= 0.6 is 34.7 Å². The number of carbonyl (C=O) groups excluding carboxylic acids is 2. The molecule has 0 aliphatic carbocycles. The van der Waals surface area contributed by atoms with Gasteiger partial charge in [-0.15, -0.1) is 16.8 Å². The van der Waals surface area contributed by atoms with Crippen LogP contribution in [0.3, 0.4) is 0 Å². The summed E-state index contributed by atoms with van der Waals surface area (Å²) in [5.74, 6) is -0.498. The van der Waals surface area contributed by atoms with Crippen molar-refractivity contribution in [3.63, 3.8) is 0 Å². The summed E-state index contributed by atoms with van der Waals surface area (Å²) in [4.78, 5) is 26.2. The number of thioether (sulfide) groups is 1. The lowest BCUT2D eigenvalue weighted by Gasteiger charge is -2.15. The molecule has 1 N–H and O–H groups in total. The largest absolute Gasteiger partial charge is 0.357 e. The Morgan fingerprint density at radius 2 is 2.28 bits per heavy atom. The van der Waals surface area contributed by atoms with Crippen molar-refractivity contribution < 1.29 is 9.59 Å². The fraction of sp³-hybridized carbons (Fsp3) is 0.250. The van der Waals surface area contributed by atoms with E-state index in [4.69, 9.17) is 11.6 Å². The Hall–Kier alpha value is -1.90. The first-order chi connectivity index (χ1) is 12.0. The number of hydrogen-bond donors (Lipinski definition) is 1. The third-order valence-corrected chi connectivity index (χ3v) is 6.12. The normalized spacial score (nSPS) is 17.2. The van der Waals surface area contributed by atoms with Crippen LogP contribution in [-0.2, 0) is 9.59 Å². The van der Waals surface area contributed by atoms with Crippen LogP contribution in [0.5, 0.6) is 0 Å². The molecule has 1 aromatic heterocycles. The summed E-state index contributed by atoms with van der Waals surface area (Å²) in [5, 5.41) is 11.8. The maximum atomic E-state index is 12.7. The van der Waals surface area contributed by atoms with E-state index in [0.29, 0.717) is 26.7 Å². The van der Waals surface area contributed by atoms with Crippen LogP contribution in [-0.4, -0.2) is 33.8 Å². The van der Waals surface area contributed by atoms with Gasteiger partial charge in [0.1, 0.15) is 5.25 Å². The molecule has 3 rings (SSSR count). The molecule has 1 fully saturated rings. The Morgan fingerprint density at radius 3 is 3.00 bits per heavy atom. The summed E-state index contributed by atoms with van der Waals surface area (Å²) in [6, 6.07) is 5.16. The predicted octanol–water partition coefficient (Wildman–Crippen LogP) is 3.52. The number of imide groups is 1. The fourth-order valence-electron chi connectivity index (χ4n) is 2.30. The van der Waals surface area contributed by atoms with Crippen LogP contribution in [0.4, 0.5) is 10.8 Å². The van der Waals surface area contributed by atoms with E-state index in [1.165, 1.54) is 28.0 Å². The van der Waals surface area contributed by atoms with Crippen LogP contribution < -0.4 is 10.2 Å². The van der Waals surface area contributed by atoms with Crippen molar-refractivity contribution in [1.82, 2.24) is 10.2 Å². The molecular formula is C16H15ClN4O2S2. The molecule has 0 spiro atoms. The minimum absolute atomic E-state index is 0.129. The Labute approximate surface area is 158 Å². The van der Waals surface area contributed by atoms with Crippen LogP contribution in [0, 0.1) is 6.92 Å². The van der Waals surface area contributed by atoms with Gasteiger partial charge in [-0.1, -0.05) is 46.8 Å². The van der Waals surface area contributed by atoms with E-state index < -0.39 is 5.25 Å². The summed E-state index contributed by atoms with van der Waals surface area (Å²) in [7, 11) is 0. The zero-order valence-corrected chi connectivity index (χ0v) is 15.7. The lowest BCUT2D eigenvalue weighted by Crippen LogP contribution is -2.31. The average molecular weight is 395 g/mol. The van der Waals surface area contributed by atoms with E-state index >= 15 is 0 Å². The van der Waals surface area contributed by atoms with Gasteiger partial charge in [0.15, 0.2) is 4.34 Å². The number of hydrogen-bond acceptors (Lipinski definition) is 7. The molecule has 130 valence electrons. The van der Waals surface area contributed by atoms with E-state index in [1.54, 1.807) is 24.3 Å². The number of carbonyl (C=O) groups is 2. The predicted molar refractivity (Wildman–Crippen MR) is 102 cm³/mol. The van der Waals surface area contributed by atoms with Gasteiger partial charge >= 0.3 is 0 Å². The summed E-state index contributed by atoms with van der Waals surface area (Å²) in [6.45, 7) is 6.08. The van der Waals surface area contributed by atoms with Gasteiger partial charge in [0.05, 0.1) is 5.69 Å². The van der Waals surface area contributed by atoms with Crippen LogP contribution in [0.1, 0.15) is 12.0 Å². The molecule has 1 aromatic carbocycles. The monoisotopic (exact) mass is 394 g/mol. The number of rotatable bonds is 6. The van der Waals surface area contributed by atoms with Gasteiger partial charge in [-0.05, 0) is 24.6 Å². The van der Waals surface area contributed by atoms with Crippen molar-refractivity contribution in [2.24, 2.45) is 0 Å². The molecule has 0 bridgehead atoms. The molecule has 0 saturated carbocycles. The smallest absolute Gasteiger partial charge is 0.247 e. The highest BCUT2D eigenvalue weighted by atomic mass is 35.5. The lowest BCUT2D eigenvalue weighted by atomic mass is 10.2. The molecule has 0 radical (unpaired) electrons. The van der Waals surface area contributed by atoms with Gasteiger partial charge in [0, 0.05) is 18.0 Å². The van der Waals surface area contributed by atoms with Crippen molar-refractivity contribution in [3.05, 3.63) is 41.4 Å². The molecule has 25 heavy (non-hydrogen) atoms. The summed E-state index contributed by atoms with van der Waals surface area (Å²) >= 11 is 8.71. The number of nitrogens with zero attached hydrogens (tertiary/aromatic N) is 3. The van der Waals surface area contributed by atoms with E-state index in [9.17, 15) is 9.59 Å². The average Bonchev–Trinajstić information content (AvgIpc) is 3.13. The Balaban J connectivity index is 1.73. The molecule has 9 heteroatoms. The minimum atomic E-state index is -0.507. The van der Waals surface area contributed by atoms with Crippen LogP contribution in [0.2, 0.25) is 5.02 Å². The minimum Gasteiger partial charge on any atom is -0.357 e. The number of halogens is 1. The fourth-order valence-corrected chi connectivity index (χ4v) is 4.50. The summed E-state index contributed by atoms with van der Waals surface area (Å²) in [5.41, 5.74) is 1.39. The van der Waals surface area contributed by atoms with Gasteiger partial charge in [0.2, 0.25) is 16.9 Å². The molecule has 2 amide bonds. The van der Waals surface area contributed by atoms with Gasteiger partial charge in [-0.3, -0.25) is 9.59 Å². The van der Waals surface area contributed by atoms with E-state index in [1.807, 2.05) is 6.92 Å². The van der Waals surface area contributed by atoms with Gasteiger partial charge in [0.25, 0.3) is 0 Å². The molecule has 6 nitrogen and oxygen atoms in total. The molecule has 1 atom stereocenters. The molecule has 2 aromatic rings. The number of aromatic nitrogens is 2. The van der Waals surface area contributed by atoms with E-state index in [-0.39, 0.29) is 18.2 Å². The number of aryl methyl sites for hydroxylation is 1. The second kappa shape index (κ2) is 7.55. The molecular weight excluding hydrogens is 380 g/mol. The van der Waals surface area contributed by atoms with E-state index in [0.717, 1.165) is 5.56 Å². The molecule has 0 unspecified atom stereocenters. The second-order valence-corrected chi connectivity index (χ2v) is 8.19. The topological polar surface area (TPSA) is 75.2 Å². The number of benzene rings is 1. The molecule has 1 saturated heterocycles. The SMILES string of the molecule is C=CCNc1nnc(S[C@H]2CC(=O)N(c3ccc(C)c(Cl)c3)C2=O)s1. The second-order valence-electron chi connectivity index (χ2n) is 5.35. The summed E-state index contributed by atoms with van der Waals surface area (Å²) < 4.78 is 0.640. The zero-order chi connectivity index (χ0) is 18.0. The first-order valence-corrected chi connectivity index (χ1v) is 9.55. The van der Waals surface area contributed by atoms with Crippen molar-refractivity contribution in [3.8, 4) is 0 Å².